The number of fused-ring (bicyclic) bond motifs is 3. The molecule has 0 saturated heterocycles. The summed E-state index contributed by atoms with van der Waals surface area (Å²) in [6.45, 7) is 6.24. The Hall–Kier alpha value is -2.80. The Balaban J connectivity index is 1.71. The smallest absolute Gasteiger partial charge is 0.271 e. The molecule has 1 saturated carbocycles. The number of aromatic nitrogens is 1. The first-order valence-corrected chi connectivity index (χ1v) is 11.8. The number of hydrogen-bond donors (Lipinski definition) is 2. The molecule has 2 amide bonds. The van der Waals surface area contributed by atoms with E-state index in [9.17, 15) is 9.59 Å². The van der Waals surface area contributed by atoms with Gasteiger partial charge in [0.2, 0.25) is 5.91 Å². The fourth-order valence-electron chi connectivity index (χ4n) is 4.64. The molecular formula is C24H30N4O2S. The van der Waals surface area contributed by atoms with Crippen LogP contribution < -0.4 is 11.1 Å². The second-order valence-electron chi connectivity index (χ2n) is 8.60. The van der Waals surface area contributed by atoms with Crippen LogP contribution in [-0.4, -0.2) is 39.4 Å². The van der Waals surface area contributed by atoms with Crippen molar-refractivity contribution < 1.29 is 9.59 Å². The molecule has 2 aromatic heterocycles. The molecule has 1 atom stereocenters. The molecule has 1 aliphatic heterocycles. The second kappa shape index (κ2) is 8.75. The Morgan fingerprint density at radius 3 is 2.87 bits per heavy atom. The maximum Gasteiger partial charge on any atom is 0.271 e. The molecule has 1 aliphatic carbocycles. The minimum atomic E-state index is -1.02. The third-order valence-corrected chi connectivity index (χ3v) is 7.33. The molecule has 1 fully saturated rings. The van der Waals surface area contributed by atoms with E-state index in [1.165, 1.54) is 12.6 Å². The molecule has 4 rings (SSSR count). The summed E-state index contributed by atoms with van der Waals surface area (Å²) in [4.78, 5) is 28.9. The van der Waals surface area contributed by atoms with Crippen LogP contribution in [0.15, 0.2) is 54.1 Å². The largest absolute Gasteiger partial charge is 0.404 e. The van der Waals surface area contributed by atoms with Crippen LogP contribution in [0.25, 0.3) is 10.2 Å². The van der Waals surface area contributed by atoms with Gasteiger partial charge in [0.15, 0.2) is 0 Å². The van der Waals surface area contributed by atoms with E-state index in [2.05, 4.69) is 11.9 Å². The van der Waals surface area contributed by atoms with Crippen LogP contribution in [0, 0.1) is 0 Å². The van der Waals surface area contributed by atoms with Gasteiger partial charge in [-0.2, -0.15) is 0 Å². The van der Waals surface area contributed by atoms with Crippen LogP contribution in [0.1, 0.15) is 49.5 Å². The van der Waals surface area contributed by atoms with Crippen molar-refractivity contribution in [2.45, 2.75) is 57.2 Å². The summed E-state index contributed by atoms with van der Waals surface area (Å²) >= 11 is 1.60. The van der Waals surface area contributed by atoms with Crippen molar-refractivity contribution in [3.8, 4) is 0 Å². The molecule has 1 unspecified atom stereocenters. The lowest BCUT2D eigenvalue weighted by Gasteiger charge is -2.45. The Kier molecular flexibility index (Phi) is 6.05. The molecule has 3 heterocycles. The molecule has 164 valence electrons. The minimum absolute atomic E-state index is 0.0976. The van der Waals surface area contributed by atoms with Crippen LogP contribution >= 0.6 is 11.3 Å². The van der Waals surface area contributed by atoms with Crippen molar-refractivity contribution in [1.29, 1.82) is 0 Å². The summed E-state index contributed by atoms with van der Waals surface area (Å²) < 4.78 is 3.05. The highest BCUT2D eigenvalue weighted by atomic mass is 32.1. The number of nitrogens with one attached hydrogen (secondary N) is 1. The third-order valence-electron chi connectivity index (χ3n) is 6.48. The molecule has 0 radical (unpaired) electrons. The summed E-state index contributed by atoms with van der Waals surface area (Å²) in [6, 6.07) is 4.12. The van der Waals surface area contributed by atoms with Gasteiger partial charge >= 0.3 is 0 Å². The van der Waals surface area contributed by atoms with Gasteiger partial charge in [0, 0.05) is 12.6 Å². The van der Waals surface area contributed by atoms with Crippen LogP contribution in [-0.2, 0) is 11.3 Å². The molecular weight excluding hydrogens is 408 g/mol. The van der Waals surface area contributed by atoms with Gasteiger partial charge in [-0.25, -0.2) is 0 Å². The Bertz CT molecular complexity index is 1060. The standard InChI is InChI=1S/C24H30N4O2S/c1-3-4-8-17(14-25)15-28-22(29)20-13-21-19(11-12-31-21)27(20)16-24(28,2)23(30)26-18-9-6-5-7-10-18/h3-4,8,11-14,18H,1,5-7,9-10,15-16,25H2,2H3,(H,26,30)/b8-4-,17-14+. The lowest BCUT2D eigenvalue weighted by molar-refractivity contribution is -0.133. The molecule has 2 aliphatic rings. The average molecular weight is 439 g/mol. The van der Waals surface area contributed by atoms with Gasteiger partial charge in [-0.05, 0) is 49.1 Å². The number of nitrogens with two attached hydrogens (primary N) is 1. The summed E-state index contributed by atoms with van der Waals surface area (Å²) in [5.74, 6) is -0.248. The predicted molar refractivity (Wildman–Crippen MR) is 126 cm³/mol. The first kappa shape index (κ1) is 21.4. The maximum atomic E-state index is 13.6. The number of rotatable bonds is 6. The van der Waals surface area contributed by atoms with E-state index in [1.807, 2.05) is 35.1 Å². The van der Waals surface area contributed by atoms with Crippen molar-refractivity contribution in [1.82, 2.24) is 14.8 Å². The normalized spacial score (nSPS) is 22.8. The Morgan fingerprint density at radius 2 is 2.16 bits per heavy atom. The predicted octanol–water partition coefficient (Wildman–Crippen LogP) is 3.95. The molecule has 3 N–H and O–H groups in total. The first-order chi connectivity index (χ1) is 15.0. The summed E-state index contributed by atoms with van der Waals surface area (Å²) in [7, 11) is 0. The summed E-state index contributed by atoms with van der Waals surface area (Å²) in [6.07, 6.45) is 12.2. The lowest BCUT2D eigenvalue weighted by Crippen LogP contribution is -2.65. The quantitative estimate of drug-likeness (QED) is 0.670. The van der Waals surface area contributed by atoms with Gasteiger partial charge in [0.05, 0.1) is 16.8 Å². The average Bonchev–Trinajstić information content (AvgIpc) is 3.36. The van der Waals surface area contributed by atoms with E-state index in [4.69, 9.17) is 5.73 Å². The van der Waals surface area contributed by atoms with Crippen LogP contribution in [0.3, 0.4) is 0 Å². The zero-order valence-electron chi connectivity index (χ0n) is 18.0. The minimum Gasteiger partial charge on any atom is -0.404 e. The Labute approximate surface area is 187 Å². The van der Waals surface area contributed by atoms with Crippen molar-refractivity contribution >= 4 is 33.4 Å². The van der Waals surface area contributed by atoms with Crippen molar-refractivity contribution in [3.05, 3.63) is 59.8 Å². The van der Waals surface area contributed by atoms with Crippen molar-refractivity contribution in [2.24, 2.45) is 5.73 Å². The molecule has 6 nitrogen and oxygen atoms in total. The lowest BCUT2D eigenvalue weighted by atomic mass is 9.91. The van der Waals surface area contributed by atoms with E-state index in [-0.39, 0.29) is 24.4 Å². The van der Waals surface area contributed by atoms with Gasteiger partial charge in [-0.1, -0.05) is 44.1 Å². The monoisotopic (exact) mass is 438 g/mol. The van der Waals surface area contributed by atoms with E-state index in [0.29, 0.717) is 12.2 Å². The van der Waals surface area contributed by atoms with Crippen molar-refractivity contribution in [3.63, 3.8) is 0 Å². The van der Waals surface area contributed by atoms with Crippen LogP contribution in [0.2, 0.25) is 0 Å². The van der Waals surface area contributed by atoms with E-state index < -0.39 is 5.54 Å². The van der Waals surface area contributed by atoms with E-state index in [1.54, 1.807) is 28.4 Å². The highest BCUT2D eigenvalue weighted by Gasteiger charge is 2.48. The second-order valence-corrected chi connectivity index (χ2v) is 9.54. The van der Waals surface area contributed by atoms with Crippen LogP contribution in [0.4, 0.5) is 0 Å². The summed E-state index contributed by atoms with van der Waals surface area (Å²) in [5, 5.41) is 5.27. The molecule has 0 aromatic carbocycles. The zero-order valence-corrected chi connectivity index (χ0v) is 18.8. The number of carbonyl (C=O) groups is 2. The molecule has 2 aromatic rings. The number of carbonyl (C=O) groups excluding carboxylic acids is 2. The van der Waals surface area contributed by atoms with Gasteiger partial charge in [0.25, 0.3) is 5.91 Å². The topological polar surface area (TPSA) is 80.4 Å². The number of nitrogens with zero attached hydrogens (tertiary/aromatic N) is 2. The molecule has 31 heavy (non-hydrogen) atoms. The molecule has 7 heteroatoms. The molecule has 0 spiro atoms. The number of allylic oxidation sites excluding steroid dienone is 2. The van der Waals surface area contributed by atoms with Gasteiger partial charge in [-0.3, -0.25) is 9.59 Å². The zero-order chi connectivity index (χ0) is 22.0. The highest BCUT2D eigenvalue weighted by molar-refractivity contribution is 7.17. The number of thiophene rings is 1. The number of amides is 2. The van der Waals surface area contributed by atoms with Crippen molar-refractivity contribution in [2.75, 3.05) is 6.54 Å². The fraction of sp³-hybridized carbons (Fsp3) is 0.417. The third kappa shape index (κ3) is 3.94. The Morgan fingerprint density at radius 1 is 1.39 bits per heavy atom. The number of hydrogen-bond acceptors (Lipinski definition) is 4. The van der Waals surface area contributed by atoms with E-state index in [0.717, 1.165) is 41.5 Å². The highest BCUT2D eigenvalue weighted by Crippen LogP contribution is 2.35. The fourth-order valence-corrected chi connectivity index (χ4v) is 5.47. The van der Waals surface area contributed by atoms with E-state index >= 15 is 0 Å². The van der Waals surface area contributed by atoms with Crippen LogP contribution in [0.5, 0.6) is 0 Å². The van der Waals surface area contributed by atoms with Gasteiger partial charge in [-0.15, -0.1) is 11.3 Å². The summed E-state index contributed by atoms with van der Waals surface area (Å²) in [5.41, 5.74) is 7.20. The molecule has 0 bridgehead atoms. The maximum absolute atomic E-state index is 13.6. The van der Waals surface area contributed by atoms with Gasteiger partial charge < -0.3 is 20.5 Å². The van der Waals surface area contributed by atoms with Gasteiger partial charge in [0.1, 0.15) is 11.2 Å². The first-order valence-electron chi connectivity index (χ1n) is 10.9. The SMILES string of the molecule is C=C/C=C\C(=C/N)CN1C(=O)c2cc3sccc3n2CC1(C)C(=O)NC1CCCCC1.